The molecule has 3 heteroatoms. The van der Waals surface area contributed by atoms with Gasteiger partial charge in [-0.15, -0.1) is 0 Å². The lowest BCUT2D eigenvalue weighted by atomic mass is 9.83. The van der Waals surface area contributed by atoms with Gasteiger partial charge >= 0.3 is 0 Å². The topological polar surface area (TPSA) is 27.6 Å². The van der Waals surface area contributed by atoms with Crippen molar-refractivity contribution in [1.82, 2.24) is 10.2 Å². The summed E-state index contributed by atoms with van der Waals surface area (Å²) in [6.45, 7) is 5.82. The Balaban J connectivity index is 1.86. The van der Waals surface area contributed by atoms with E-state index in [1.807, 2.05) is 7.05 Å². The Morgan fingerprint density at radius 1 is 1.18 bits per heavy atom. The quantitative estimate of drug-likeness (QED) is 0.603. The second-order valence-electron chi connectivity index (χ2n) is 5.66. The molecule has 17 heavy (non-hydrogen) atoms. The van der Waals surface area contributed by atoms with Crippen LogP contribution in [0, 0.1) is 5.41 Å². The van der Waals surface area contributed by atoms with E-state index in [4.69, 9.17) is 0 Å². The third-order valence-corrected chi connectivity index (χ3v) is 4.65. The third-order valence-electron chi connectivity index (χ3n) is 4.65. The highest BCUT2D eigenvalue weighted by Crippen LogP contribution is 2.40. The summed E-state index contributed by atoms with van der Waals surface area (Å²) >= 11 is 0. The van der Waals surface area contributed by atoms with E-state index < -0.39 is 0 Å². The van der Waals surface area contributed by atoms with Crippen LogP contribution in [0.3, 0.4) is 0 Å². The molecule has 0 amide bonds. The largest absolute Gasteiger partial charge is 0.356 e. The Morgan fingerprint density at radius 2 is 1.82 bits per heavy atom. The van der Waals surface area contributed by atoms with Gasteiger partial charge in [0.15, 0.2) is 5.96 Å². The summed E-state index contributed by atoms with van der Waals surface area (Å²) in [5.41, 5.74) is 0.551. The molecule has 0 aromatic heterocycles. The molecule has 0 atom stereocenters. The van der Waals surface area contributed by atoms with Crippen molar-refractivity contribution in [3.8, 4) is 0 Å². The maximum atomic E-state index is 4.43. The number of nitrogens with one attached hydrogen (secondary N) is 1. The average Bonchev–Trinajstić information content (AvgIpc) is 3.01. The fourth-order valence-electron chi connectivity index (χ4n) is 3.31. The molecular formula is C14H27N3. The van der Waals surface area contributed by atoms with E-state index in [1.165, 1.54) is 58.0 Å². The van der Waals surface area contributed by atoms with Gasteiger partial charge in [-0.1, -0.05) is 19.8 Å². The summed E-state index contributed by atoms with van der Waals surface area (Å²) in [5.74, 6) is 1.13. The summed E-state index contributed by atoms with van der Waals surface area (Å²) in [4.78, 5) is 6.83. The number of likely N-dealkylation sites (tertiary alicyclic amines) is 1. The smallest absolute Gasteiger partial charge is 0.193 e. The predicted molar refractivity (Wildman–Crippen MR) is 73.4 cm³/mol. The lowest BCUT2D eigenvalue weighted by Crippen LogP contribution is -2.44. The molecule has 2 rings (SSSR count). The van der Waals surface area contributed by atoms with Crippen molar-refractivity contribution >= 4 is 5.96 Å². The molecular weight excluding hydrogens is 210 g/mol. The zero-order chi connectivity index (χ0) is 12.1. The summed E-state index contributed by atoms with van der Waals surface area (Å²) in [5, 5.41) is 3.62. The van der Waals surface area contributed by atoms with Gasteiger partial charge in [-0.2, -0.15) is 0 Å². The van der Waals surface area contributed by atoms with Gasteiger partial charge in [0.2, 0.25) is 0 Å². The SMILES string of the molecule is CCC1(CNC(=NC)N2CCCC2)CCCC1. The summed E-state index contributed by atoms with van der Waals surface area (Å²) < 4.78 is 0. The van der Waals surface area contributed by atoms with Gasteiger partial charge in [0.25, 0.3) is 0 Å². The molecule has 1 saturated carbocycles. The second kappa shape index (κ2) is 5.74. The molecule has 0 radical (unpaired) electrons. The molecule has 0 aromatic carbocycles. The van der Waals surface area contributed by atoms with E-state index in [0.29, 0.717) is 5.41 Å². The van der Waals surface area contributed by atoms with Crippen LogP contribution in [0.5, 0.6) is 0 Å². The molecule has 1 saturated heterocycles. The first-order valence-corrected chi connectivity index (χ1v) is 7.25. The fraction of sp³-hybridized carbons (Fsp3) is 0.929. The van der Waals surface area contributed by atoms with Crippen LogP contribution < -0.4 is 5.32 Å². The second-order valence-corrected chi connectivity index (χ2v) is 5.66. The normalized spacial score (nSPS) is 24.4. The lowest BCUT2D eigenvalue weighted by molar-refractivity contribution is 0.279. The first-order valence-electron chi connectivity index (χ1n) is 7.25. The Hall–Kier alpha value is -0.730. The van der Waals surface area contributed by atoms with E-state index in [-0.39, 0.29) is 0 Å². The van der Waals surface area contributed by atoms with Crippen molar-refractivity contribution in [3.63, 3.8) is 0 Å². The number of rotatable bonds is 3. The van der Waals surface area contributed by atoms with Gasteiger partial charge in [0, 0.05) is 26.7 Å². The molecule has 2 fully saturated rings. The lowest BCUT2D eigenvalue weighted by Gasteiger charge is -2.30. The predicted octanol–water partition coefficient (Wildman–Crippen LogP) is 2.63. The van der Waals surface area contributed by atoms with E-state index in [2.05, 4.69) is 22.1 Å². The Labute approximate surface area is 106 Å². The summed E-state index contributed by atoms with van der Waals surface area (Å²) in [6.07, 6.45) is 9.56. The summed E-state index contributed by atoms with van der Waals surface area (Å²) in [6, 6.07) is 0. The molecule has 0 unspecified atom stereocenters. The van der Waals surface area contributed by atoms with Gasteiger partial charge in [-0.05, 0) is 37.5 Å². The van der Waals surface area contributed by atoms with Crippen molar-refractivity contribution in [2.24, 2.45) is 10.4 Å². The number of nitrogens with zero attached hydrogens (tertiary/aromatic N) is 2. The highest BCUT2D eigenvalue weighted by Gasteiger charge is 2.32. The van der Waals surface area contributed by atoms with Gasteiger partial charge in [-0.25, -0.2) is 0 Å². The maximum Gasteiger partial charge on any atom is 0.193 e. The third kappa shape index (κ3) is 2.93. The first-order chi connectivity index (χ1) is 8.29. The Kier molecular flexibility index (Phi) is 4.30. The minimum atomic E-state index is 0.551. The molecule has 1 N–H and O–H groups in total. The van der Waals surface area contributed by atoms with Crippen molar-refractivity contribution < 1.29 is 0 Å². The van der Waals surface area contributed by atoms with Crippen molar-refractivity contribution in [2.75, 3.05) is 26.7 Å². The highest BCUT2D eigenvalue weighted by atomic mass is 15.3. The number of aliphatic imine (C=N–C) groups is 1. The van der Waals surface area contributed by atoms with E-state index >= 15 is 0 Å². The molecule has 1 aliphatic heterocycles. The zero-order valence-corrected chi connectivity index (χ0v) is 11.5. The molecule has 2 aliphatic rings. The van der Waals surface area contributed by atoms with Crippen molar-refractivity contribution in [1.29, 1.82) is 0 Å². The number of hydrogen-bond acceptors (Lipinski definition) is 1. The summed E-state index contributed by atoms with van der Waals surface area (Å²) in [7, 11) is 1.91. The molecule has 0 aromatic rings. The standard InChI is InChI=1S/C14H27N3/c1-3-14(8-4-5-9-14)12-16-13(15-2)17-10-6-7-11-17/h3-12H2,1-2H3,(H,15,16). The maximum absolute atomic E-state index is 4.43. The molecule has 3 nitrogen and oxygen atoms in total. The van der Waals surface area contributed by atoms with Crippen molar-refractivity contribution in [2.45, 2.75) is 51.9 Å². The van der Waals surface area contributed by atoms with Gasteiger partial charge in [0.1, 0.15) is 0 Å². The minimum Gasteiger partial charge on any atom is -0.356 e. The Morgan fingerprint density at radius 3 is 2.35 bits per heavy atom. The van der Waals surface area contributed by atoms with E-state index in [9.17, 15) is 0 Å². The fourth-order valence-corrected chi connectivity index (χ4v) is 3.31. The highest BCUT2D eigenvalue weighted by molar-refractivity contribution is 5.80. The molecule has 1 aliphatic carbocycles. The number of hydrogen-bond donors (Lipinski definition) is 1. The molecule has 0 spiro atoms. The minimum absolute atomic E-state index is 0.551. The average molecular weight is 237 g/mol. The van der Waals surface area contributed by atoms with Crippen LogP contribution in [-0.4, -0.2) is 37.5 Å². The van der Waals surface area contributed by atoms with Gasteiger partial charge in [-0.3, -0.25) is 4.99 Å². The van der Waals surface area contributed by atoms with Crippen LogP contribution in [0.2, 0.25) is 0 Å². The monoisotopic (exact) mass is 237 g/mol. The van der Waals surface area contributed by atoms with Crippen LogP contribution in [0.15, 0.2) is 4.99 Å². The first kappa shape index (κ1) is 12.7. The zero-order valence-electron chi connectivity index (χ0n) is 11.5. The molecule has 1 heterocycles. The van der Waals surface area contributed by atoms with Gasteiger partial charge < -0.3 is 10.2 Å². The molecule has 98 valence electrons. The van der Waals surface area contributed by atoms with Crippen LogP contribution >= 0.6 is 0 Å². The van der Waals surface area contributed by atoms with Crippen LogP contribution in [-0.2, 0) is 0 Å². The van der Waals surface area contributed by atoms with Crippen LogP contribution in [0.4, 0.5) is 0 Å². The van der Waals surface area contributed by atoms with Crippen LogP contribution in [0.1, 0.15) is 51.9 Å². The van der Waals surface area contributed by atoms with Crippen molar-refractivity contribution in [3.05, 3.63) is 0 Å². The van der Waals surface area contributed by atoms with Crippen LogP contribution in [0.25, 0.3) is 0 Å². The van der Waals surface area contributed by atoms with E-state index in [0.717, 1.165) is 12.5 Å². The Bertz CT molecular complexity index is 261. The number of guanidine groups is 1. The van der Waals surface area contributed by atoms with E-state index in [1.54, 1.807) is 0 Å². The van der Waals surface area contributed by atoms with Gasteiger partial charge in [0.05, 0.1) is 0 Å². The molecule has 0 bridgehead atoms.